The Balaban J connectivity index is 2.10. The lowest BCUT2D eigenvalue weighted by Crippen LogP contribution is -2.18. The van der Waals surface area contributed by atoms with E-state index in [-0.39, 0.29) is 11.7 Å². The highest BCUT2D eigenvalue weighted by molar-refractivity contribution is 6.30. The van der Waals surface area contributed by atoms with Gasteiger partial charge in [0.2, 0.25) is 0 Å². The number of amides is 1. The lowest BCUT2D eigenvalue weighted by atomic mass is 10.1. The van der Waals surface area contributed by atoms with E-state index >= 15 is 0 Å². The van der Waals surface area contributed by atoms with Gasteiger partial charge in [0.25, 0.3) is 5.91 Å². The molecule has 0 spiro atoms. The Morgan fingerprint density at radius 3 is 2.81 bits per heavy atom. The van der Waals surface area contributed by atoms with Crippen molar-refractivity contribution in [2.45, 2.75) is 0 Å². The van der Waals surface area contributed by atoms with Gasteiger partial charge in [-0.3, -0.25) is 4.79 Å². The molecule has 0 aliphatic rings. The van der Waals surface area contributed by atoms with Crippen LogP contribution in [0.1, 0.15) is 15.9 Å². The fourth-order valence-corrected chi connectivity index (χ4v) is 1.93. The minimum atomic E-state index is -0.349. The molecule has 108 valence electrons. The van der Waals surface area contributed by atoms with Crippen LogP contribution in [-0.2, 0) is 0 Å². The Kier molecular flexibility index (Phi) is 4.79. The molecule has 0 atom stereocenters. The van der Waals surface area contributed by atoms with Crippen molar-refractivity contribution in [1.82, 2.24) is 5.43 Å². The zero-order valence-electron chi connectivity index (χ0n) is 11.3. The first kappa shape index (κ1) is 14.9. The van der Waals surface area contributed by atoms with Gasteiger partial charge in [0.1, 0.15) is 5.75 Å². The molecule has 5 nitrogen and oxygen atoms in total. The Labute approximate surface area is 127 Å². The highest BCUT2D eigenvalue weighted by Gasteiger charge is 2.08. The van der Waals surface area contributed by atoms with Crippen LogP contribution in [0.2, 0.25) is 5.02 Å². The number of phenolic OH excluding ortho intramolecular Hbond substituents is 1. The van der Waals surface area contributed by atoms with Crippen LogP contribution >= 0.6 is 11.6 Å². The minimum absolute atomic E-state index is 0.0352. The average Bonchev–Trinajstić information content (AvgIpc) is 2.50. The number of nitrogens with zero attached hydrogens (tertiary/aromatic N) is 1. The van der Waals surface area contributed by atoms with Gasteiger partial charge in [-0.05, 0) is 30.3 Å². The second kappa shape index (κ2) is 6.76. The predicted octanol–water partition coefficient (Wildman–Crippen LogP) is 2.85. The molecule has 0 saturated heterocycles. The first-order valence-corrected chi connectivity index (χ1v) is 6.58. The third-order valence-corrected chi connectivity index (χ3v) is 3.04. The fraction of sp³-hybridized carbons (Fsp3) is 0.0667. The maximum atomic E-state index is 12.0. The van der Waals surface area contributed by atoms with Gasteiger partial charge < -0.3 is 10.4 Å². The van der Waals surface area contributed by atoms with Gasteiger partial charge in [0.05, 0.1) is 11.8 Å². The van der Waals surface area contributed by atoms with Gasteiger partial charge in [0, 0.05) is 23.3 Å². The summed E-state index contributed by atoms with van der Waals surface area (Å²) in [6.45, 7) is 0. The van der Waals surface area contributed by atoms with E-state index in [9.17, 15) is 9.90 Å². The van der Waals surface area contributed by atoms with Crippen LogP contribution in [0.5, 0.6) is 5.75 Å². The summed E-state index contributed by atoms with van der Waals surface area (Å²) in [7, 11) is 1.74. The number of para-hydroxylation sites is 1. The second-order valence-corrected chi connectivity index (χ2v) is 4.63. The van der Waals surface area contributed by atoms with E-state index in [2.05, 4.69) is 15.8 Å². The van der Waals surface area contributed by atoms with Crippen LogP contribution in [0.3, 0.4) is 0 Å². The van der Waals surface area contributed by atoms with Crippen LogP contribution in [0.25, 0.3) is 0 Å². The molecule has 3 N–H and O–H groups in total. The summed E-state index contributed by atoms with van der Waals surface area (Å²) < 4.78 is 0. The van der Waals surface area contributed by atoms with Crippen molar-refractivity contribution in [2.24, 2.45) is 5.10 Å². The third kappa shape index (κ3) is 3.73. The topological polar surface area (TPSA) is 73.7 Å². The summed E-state index contributed by atoms with van der Waals surface area (Å²) in [5.74, 6) is -0.314. The van der Waals surface area contributed by atoms with Gasteiger partial charge in [-0.15, -0.1) is 0 Å². The summed E-state index contributed by atoms with van der Waals surface area (Å²) >= 11 is 5.83. The molecule has 0 aliphatic heterocycles. The van der Waals surface area contributed by atoms with Gasteiger partial charge in [0.15, 0.2) is 0 Å². The first-order valence-electron chi connectivity index (χ1n) is 6.20. The summed E-state index contributed by atoms with van der Waals surface area (Å²) in [6.07, 6.45) is 1.33. The van der Waals surface area contributed by atoms with Crippen molar-refractivity contribution in [2.75, 3.05) is 12.4 Å². The summed E-state index contributed by atoms with van der Waals surface area (Å²) in [6, 6.07) is 11.7. The zero-order chi connectivity index (χ0) is 15.2. The number of rotatable bonds is 4. The highest BCUT2D eigenvalue weighted by atomic mass is 35.5. The largest absolute Gasteiger partial charge is 0.507 e. The number of halogens is 1. The predicted molar refractivity (Wildman–Crippen MR) is 84.2 cm³/mol. The SMILES string of the molecule is CNc1ccccc1C(=O)NN=Cc1cc(Cl)ccc1O. The number of benzene rings is 2. The molecule has 0 heterocycles. The van der Waals surface area contributed by atoms with Crippen molar-refractivity contribution in [3.63, 3.8) is 0 Å². The normalized spacial score (nSPS) is 10.6. The number of hydrogen-bond donors (Lipinski definition) is 3. The molecule has 2 rings (SSSR count). The van der Waals surface area contributed by atoms with Crippen molar-refractivity contribution in [3.8, 4) is 5.75 Å². The molecule has 0 aliphatic carbocycles. The molecule has 1 amide bonds. The highest BCUT2D eigenvalue weighted by Crippen LogP contribution is 2.19. The van der Waals surface area contributed by atoms with Crippen molar-refractivity contribution < 1.29 is 9.90 Å². The molecule has 0 radical (unpaired) electrons. The molecule has 6 heteroatoms. The minimum Gasteiger partial charge on any atom is -0.507 e. The van der Waals surface area contributed by atoms with Crippen LogP contribution < -0.4 is 10.7 Å². The zero-order valence-corrected chi connectivity index (χ0v) is 12.1. The molecular weight excluding hydrogens is 290 g/mol. The van der Waals surface area contributed by atoms with E-state index in [1.54, 1.807) is 37.4 Å². The lowest BCUT2D eigenvalue weighted by Gasteiger charge is -2.06. The lowest BCUT2D eigenvalue weighted by molar-refractivity contribution is 0.0956. The smallest absolute Gasteiger partial charge is 0.273 e. The van der Waals surface area contributed by atoms with E-state index in [0.29, 0.717) is 21.8 Å². The van der Waals surface area contributed by atoms with Crippen molar-refractivity contribution in [3.05, 3.63) is 58.6 Å². The summed E-state index contributed by atoms with van der Waals surface area (Å²) in [4.78, 5) is 12.0. The molecular formula is C15H14ClN3O2. The summed E-state index contributed by atoms with van der Waals surface area (Å²) in [5, 5.41) is 16.9. The molecule has 0 unspecified atom stereocenters. The maximum Gasteiger partial charge on any atom is 0.273 e. The average molecular weight is 304 g/mol. The van der Waals surface area contributed by atoms with Gasteiger partial charge in [-0.2, -0.15) is 5.10 Å². The molecule has 0 aromatic heterocycles. The van der Waals surface area contributed by atoms with Crippen LogP contribution in [0.4, 0.5) is 5.69 Å². The van der Waals surface area contributed by atoms with Crippen molar-refractivity contribution >= 4 is 29.4 Å². The first-order chi connectivity index (χ1) is 10.1. The number of nitrogens with one attached hydrogen (secondary N) is 2. The quantitative estimate of drug-likeness (QED) is 0.600. The van der Waals surface area contributed by atoms with Gasteiger partial charge in [-0.1, -0.05) is 23.7 Å². The van der Waals surface area contributed by atoms with Gasteiger partial charge in [-0.25, -0.2) is 5.43 Å². The molecule has 2 aromatic rings. The molecule has 21 heavy (non-hydrogen) atoms. The maximum absolute atomic E-state index is 12.0. The Morgan fingerprint density at radius 2 is 2.05 bits per heavy atom. The summed E-state index contributed by atoms with van der Waals surface area (Å²) in [5.41, 5.74) is 4.01. The standard InChI is InChI=1S/C15H14ClN3O2/c1-17-13-5-3-2-4-12(13)15(21)19-18-9-10-8-11(16)6-7-14(10)20/h2-9,17,20H,1H3,(H,19,21). The number of hydrazone groups is 1. The Morgan fingerprint density at radius 1 is 1.29 bits per heavy atom. The monoisotopic (exact) mass is 303 g/mol. The van der Waals surface area contributed by atoms with Crippen LogP contribution in [0.15, 0.2) is 47.6 Å². The molecule has 0 bridgehead atoms. The number of hydrogen-bond acceptors (Lipinski definition) is 4. The molecule has 0 saturated carbocycles. The second-order valence-electron chi connectivity index (χ2n) is 4.20. The fourth-order valence-electron chi connectivity index (χ4n) is 1.75. The van der Waals surface area contributed by atoms with E-state index in [1.165, 1.54) is 12.3 Å². The van der Waals surface area contributed by atoms with Crippen molar-refractivity contribution in [1.29, 1.82) is 0 Å². The number of carbonyl (C=O) groups is 1. The number of anilines is 1. The Bertz CT molecular complexity index is 686. The Hall–Kier alpha value is -2.53. The van der Waals surface area contributed by atoms with E-state index in [1.807, 2.05) is 6.07 Å². The number of carbonyl (C=O) groups excluding carboxylic acids is 1. The molecule has 2 aromatic carbocycles. The number of aromatic hydroxyl groups is 1. The van der Waals surface area contributed by atoms with Crippen LogP contribution in [-0.4, -0.2) is 24.3 Å². The van der Waals surface area contributed by atoms with E-state index in [4.69, 9.17) is 11.6 Å². The molecule has 0 fully saturated rings. The van der Waals surface area contributed by atoms with Crippen LogP contribution in [0, 0.1) is 0 Å². The van der Waals surface area contributed by atoms with E-state index < -0.39 is 0 Å². The van der Waals surface area contributed by atoms with E-state index in [0.717, 1.165) is 0 Å². The van der Waals surface area contributed by atoms with Gasteiger partial charge >= 0.3 is 0 Å². The third-order valence-electron chi connectivity index (χ3n) is 2.80. The number of phenols is 1.